The first-order valence-corrected chi connectivity index (χ1v) is 12.1. The Morgan fingerprint density at radius 1 is 1.00 bits per heavy atom. The summed E-state index contributed by atoms with van der Waals surface area (Å²) in [6.07, 6.45) is 5.99. The molecular weight excluding hydrogens is 384 g/mol. The number of hydrogen-bond acceptors (Lipinski definition) is 6. The van der Waals surface area contributed by atoms with Crippen molar-refractivity contribution in [2.75, 3.05) is 62.6 Å². The van der Waals surface area contributed by atoms with E-state index < -0.39 is 0 Å². The lowest BCUT2D eigenvalue weighted by molar-refractivity contribution is 0.337. The Kier molecular flexibility index (Phi) is 7.76. The minimum absolute atomic E-state index is 0.825. The lowest BCUT2D eigenvalue weighted by atomic mass is 10.1. The largest absolute Gasteiger partial charge is 0.370 e. The van der Waals surface area contributed by atoms with E-state index in [0.717, 1.165) is 74.9 Å². The number of rotatable bonds is 9. The van der Waals surface area contributed by atoms with Crippen molar-refractivity contribution < 1.29 is 0 Å². The maximum Gasteiger partial charge on any atom is 0.161 e. The monoisotopic (exact) mass is 422 g/mol. The highest BCUT2D eigenvalue weighted by Gasteiger charge is 2.15. The number of piperazine rings is 1. The molecule has 0 spiro atoms. The zero-order valence-electron chi connectivity index (χ0n) is 19.3. The van der Waals surface area contributed by atoms with Gasteiger partial charge in [-0.2, -0.15) is 0 Å². The fourth-order valence-electron chi connectivity index (χ4n) is 4.68. The molecule has 6 heteroatoms. The van der Waals surface area contributed by atoms with Gasteiger partial charge in [0.25, 0.3) is 0 Å². The Morgan fingerprint density at radius 3 is 2.45 bits per heavy atom. The Labute approximate surface area is 187 Å². The summed E-state index contributed by atoms with van der Waals surface area (Å²) in [6, 6.07) is 8.76. The Bertz CT molecular complexity index is 823. The van der Waals surface area contributed by atoms with E-state index in [9.17, 15) is 0 Å². The molecule has 2 N–H and O–H groups in total. The van der Waals surface area contributed by atoms with Crippen LogP contribution in [0.2, 0.25) is 0 Å². The van der Waals surface area contributed by atoms with Gasteiger partial charge in [-0.05, 0) is 76.5 Å². The van der Waals surface area contributed by atoms with E-state index in [-0.39, 0.29) is 0 Å². The maximum atomic E-state index is 4.97. The Hall–Kier alpha value is -2.18. The number of benzene rings is 1. The van der Waals surface area contributed by atoms with Crippen molar-refractivity contribution in [2.45, 2.75) is 46.0 Å². The molecule has 1 aromatic heterocycles. The van der Waals surface area contributed by atoms with Gasteiger partial charge >= 0.3 is 0 Å². The molecular formula is C25H38N6. The molecule has 2 aliphatic rings. The molecule has 0 radical (unpaired) electrons. The molecule has 0 atom stereocenters. The van der Waals surface area contributed by atoms with Crippen molar-refractivity contribution in [3.8, 4) is 11.4 Å². The van der Waals surface area contributed by atoms with Gasteiger partial charge in [0, 0.05) is 55.2 Å². The summed E-state index contributed by atoms with van der Waals surface area (Å²) in [7, 11) is 0. The van der Waals surface area contributed by atoms with Crippen LogP contribution in [0.25, 0.3) is 11.4 Å². The molecule has 0 unspecified atom stereocenters. The molecule has 2 fully saturated rings. The minimum Gasteiger partial charge on any atom is -0.370 e. The van der Waals surface area contributed by atoms with Crippen molar-refractivity contribution in [1.29, 1.82) is 0 Å². The third-order valence-corrected chi connectivity index (χ3v) is 6.46. The molecule has 3 heterocycles. The zero-order chi connectivity index (χ0) is 21.5. The number of hydrogen-bond donors (Lipinski definition) is 2. The van der Waals surface area contributed by atoms with Crippen LogP contribution in [0.4, 0.5) is 11.5 Å². The van der Waals surface area contributed by atoms with E-state index in [1.165, 1.54) is 43.7 Å². The van der Waals surface area contributed by atoms with Crippen molar-refractivity contribution >= 4 is 11.5 Å². The number of nitrogens with one attached hydrogen (secondary N) is 2. The van der Waals surface area contributed by atoms with Crippen molar-refractivity contribution in [3.63, 3.8) is 0 Å². The SMILES string of the molecule is CCCc1c(C)nc(-c2ccc(N3CCNCC3)cc2)nc1NCCCN1CCCC1. The summed E-state index contributed by atoms with van der Waals surface area (Å²) < 4.78 is 0. The summed E-state index contributed by atoms with van der Waals surface area (Å²) in [5, 5.41) is 7.06. The van der Waals surface area contributed by atoms with Crippen LogP contribution >= 0.6 is 0 Å². The summed E-state index contributed by atoms with van der Waals surface area (Å²) in [5.74, 6) is 1.85. The lowest BCUT2D eigenvalue weighted by Gasteiger charge is -2.29. The van der Waals surface area contributed by atoms with Crippen molar-refractivity contribution in [1.82, 2.24) is 20.2 Å². The fraction of sp³-hybridized carbons (Fsp3) is 0.600. The molecule has 0 bridgehead atoms. The van der Waals surface area contributed by atoms with Crippen LogP contribution in [0.15, 0.2) is 24.3 Å². The number of aryl methyl sites for hydroxylation is 1. The van der Waals surface area contributed by atoms with E-state index in [1.54, 1.807) is 0 Å². The molecule has 2 aromatic rings. The van der Waals surface area contributed by atoms with Gasteiger partial charge < -0.3 is 20.4 Å². The standard InChI is InChI=1S/C25H38N6/c1-3-7-23-20(2)28-24(29-25(23)27-12-6-17-30-15-4-5-16-30)21-8-10-22(11-9-21)31-18-13-26-14-19-31/h8-11,26H,3-7,12-19H2,1-2H3,(H,27,28,29). The molecule has 31 heavy (non-hydrogen) atoms. The third-order valence-electron chi connectivity index (χ3n) is 6.46. The van der Waals surface area contributed by atoms with Gasteiger partial charge in [-0.15, -0.1) is 0 Å². The van der Waals surface area contributed by atoms with Gasteiger partial charge in [0.2, 0.25) is 0 Å². The molecule has 2 saturated heterocycles. The normalized spacial score (nSPS) is 17.3. The fourth-order valence-corrected chi connectivity index (χ4v) is 4.68. The van der Waals surface area contributed by atoms with Gasteiger partial charge in [-0.25, -0.2) is 9.97 Å². The van der Waals surface area contributed by atoms with Gasteiger partial charge in [0.1, 0.15) is 5.82 Å². The predicted octanol–water partition coefficient (Wildman–Crippen LogP) is 3.71. The molecule has 0 saturated carbocycles. The highest BCUT2D eigenvalue weighted by Crippen LogP contribution is 2.26. The summed E-state index contributed by atoms with van der Waals surface area (Å²) in [5.41, 5.74) is 4.74. The van der Waals surface area contributed by atoms with Crippen LogP contribution in [-0.4, -0.2) is 67.2 Å². The van der Waals surface area contributed by atoms with Crippen molar-refractivity contribution in [3.05, 3.63) is 35.5 Å². The lowest BCUT2D eigenvalue weighted by Crippen LogP contribution is -2.43. The predicted molar refractivity (Wildman–Crippen MR) is 130 cm³/mol. The smallest absolute Gasteiger partial charge is 0.161 e. The highest BCUT2D eigenvalue weighted by molar-refractivity contribution is 5.63. The van der Waals surface area contributed by atoms with E-state index >= 15 is 0 Å². The summed E-state index contributed by atoms with van der Waals surface area (Å²) in [4.78, 5) is 14.9. The van der Waals surface area contributed by atoms with Crippen LogP contribution < -0.4 is 15.5 Å². The minimum atomic E-state index is 0.825. The first-order chi connectivity index (χ1) is 15.2. The van der Waals surface area contributed by atoms with Gasteiger partial charge in [0.05, 0.1) is 0 Å². The number of anilines is 2. The van der Waals surface area contributed by atoms with Crippen LogP contribution in [0.1, 0.15) is 43.9 Å². The number of aromatic nitrogens is 2. The summed E-state index contributed by atoms with van der Waals surface area (Å²) >= 11 is 0. The summed E-state index contributed by atoms with van der Waals surface area (Å²) in [6.45, 7) is 13.2. The van der Waals surface area contributed by atoms with Gasteiger partial charge in [-0.1, -0.05) is 13.3 Å². The highest BCUT2D eigenvalue weighted by atomic mass is 15.2. The van der Waals surface area contributed by atoms with Gasteiger partial charge in [-0.3, -0.25) is 0 Å². The molecule has 0 amide bonds. The number of nitrogens with zero attached hydrogens (tertiary/aromatic N) is 4. The van der Waals surface area contributed by atoms with E-state index in [2.05, 4.69) is 58.5 Å². The Morgan fingerprint density at radius 2 is 1.74 bits per heavy atom. The first-order valence-electron chi connectivity index (χ1n) is 12.1. The first kappa shape index (κ1) is 22.0. The van der Waals surface area contributed by atoms with Crippen LogP contribution in [0.5, 0.6) is 0 Å². The second-order valence-electron chi connectivity index (χ2n) is 8.82. The molecule has 0 aliphatic carbocycles. The second kappa shape index (κ2) is 10.9. The quantitative estimate of drug-likeness (QED) is 0.601. The molecule has 2 aliphatic heterocycles. The topological polar surface area (TPSA) is 56.3 Å². The second-order valence-corrected chi connectivity index (χ2v) is 8.82. The molecule has 168 valence electrons. The average Bonchev–Trinajstić information content (AvgIpc) is 3.33. The molecule has 6 nitrogen and oxygen atoms in total. The Balaban J connectivity index is 1.46. The van der Waals surface area contributed by atoms with Crippen LogP contribution in [-0.2, 0) is 6.42 Å². The van der Waals surface area contributed by atoms with Crippen molar-refractivity contribution in [2.24, 2.45) is 0 Å². The number of likely N-dealkylation sites (tertiary alicyclic amines) is 1. The van der Waals surface area contributed by atoms with E-state index in [0.29, 0.717) is 0 Å². The maximum absolute atomic E-state index is 4.97. The van der Waals surface area contributed by atoms with Crippen LogP contribution in [0.3, 0.4) is 0 Å². The van der Waals surface area contributed by atoms with Gasteiger partial charge in [0.15, 0.2) is 5.82 Å². The van der Waals surface area contributed by atoms with E-state index in [1.807, 2.05) is 0 Å². The van der Waals surface area contributed by atoms with Crippen LogP contribution in [0, 0.1) is 6.92 Å². The third kappa shape index (κ3) is 5.74. The average molecular weight is 423 g/mol. The molecule has 4 rings (SSSR count). The van der Waals surface area contributed by atoms with E-state index in [4.69, 9.17) is 9.97 Å². The zero-order valence-corrected chi connectivity index (χ0v) is 19.3. The molecule has 1 aromatic carbocycles.